The Morgan fingerprint density at radius 1 is 1.04 bits per heavy atom. The summed E-state index contributed by atoms with van der Waals surface area (Å²) in [5.41, 5.74) is 1.84. The van der Waals surface area contributed by atoms with Crippen LogP contribution in [0.5, 0.6) is 0 Å². The summed E-state index contributed by atoms with van der Waals surface area (Å²) in [5, 5.41) is 4.51. The van der Waals surface area contributed by atoms with E-state index >= 15 is 0 Å². The lowest BCUT2D eigenvalue weighted by molar-refractivity contribution is -0.137. The molecule has 0 radical (unpaired) electrons. The molecule has 28 heavy (non-hydrogen) atoms. The zero-order chi connectivity index (χ0) is 20.5. The van der Waals surface area contributed by atoms with E-state index < -0.39 is 10.2 Å². The van der Waals surface area contributed by atoms with Crippen molar-refractivity contribution in [3.8, 4) is 0 Å². The van der Waals surface area contributed by atoms with E-state index in [0.717, 1.165) is 11.4 Å². The first-order valence-corrected chi connectivity index (χ1v) is 11.3. The number of aryl methyl sites for hydroxylation is 2. The van der Waals surface area contributed by atoms with E-state index in [4.69, 9.17) is 4.74 Å². The average Bonchev–Trinajstić information content (AvgIpc) is 3.00. The molecule has 0 bridgehead atoms. The van der Waals surface area contributed by atoms with Crippen LogP contribution in [0.25, 0.3) is 0 Å². The Kier molecular flexibility index (Phi) is 6.43. The molecule has 2 fully saturated rings. The molecule has 0 N–H and O–H groups in total. The van der Waals surface area contributed by atoms with Crippen LogP contribution in [0.3, 0.4) is 0 Å². The number of piperazine rings is 1. The molecule has 0 aromatic carbocycles. The molecule has 2 aliphatic heterocycles. The van der Waals surface area contributed by atoms with Crippen molar-refractivity contribution < 1.29 is 17.9 Å². The summed E-state index contributed by atoms with van der Waals surface area (Å²) in [4.78, 5) is 15.0. The predicted octanol–water partition coefficient (Wildman–Crippen LogP) is 0.418. The van der Waals surface area contributed by atoms with E-state index in [2.05, 4.69) is 5.10 Å². The van der Waals surface area contributed by atoms with Crippen LogP contribution in [0.1, 0.15) is 31.3 Å². The summed E-state index contributed by atoms with van der Waals surface area (Å²) < 4.78 is 35.6. The van der Waals surface area contributed by atoms with Crippen molar-refractivity contribution in [3.05, 3.63) is 17.5 Å². The van der Waals surface area contributed by atoms with Crippen molar-refractivity contribution in [3.63, 3.8) is 0 Å². The second-order valence-corrected chi connectivity index (χ2v) is 9.73. The quantitative estimate of drug-likeness (QED) is 0.698. The van der Waals surface area contributed by atoms with Gasteiger partial charge in [-0.2, -0.15) is 22.1 Å². The third-order valence-electron chi connectivity index (χ3n) is 5.37. The van der Waals surface area contributed by atoms with Crippen molar-refractivity contribution in [1.82, 2.24) is 23.3 Å². The maximum atomic E-state index is 13.2. The summed E-state index contributed by atoms with van der Waals surface area (Å²) in [6.07, 6.45) is 0. The van der Waals surface area contributed by atoms with Crippen LogP contribution >= 0.6 is 0 Å². The molecule has 1 atom stereocenters. The molecule has 158 valence electrons. The Morgan fingerprint density at radius 2 is 1.61 bits per heavy atom. The maximum absolute atomic E-state index is 13.2. The molecule has 9 nitrogen and oxygen atoms in total. The zero-order valence-electron chi connectivity index (χ0n) is 17.2. The van der Waals surface area contributed by atoms with Crippen LogP contribution in [0.2, 0.25) is 0 Å². The molecule has 0 spiro atoms. The SMILES string of the molecule is Cc1cc(C)n(C(C(=O)N2CCN(S(=O)(=O)N3CCOCC3)CC2)C(C)C)n1. The third-order valence-corrected chi connectivity index (χ3v) is 7.40. The number of carbonyl (C=O) groups excluding carboxylic acids is 1. The fourth-order valence-corrected chi connectivity index (χ4v) is 5.43. The summed E-state index contributed by atoms with van der Waals surface area (Å²) >= 11 is 0. The van der Waals surface area contributed by atoms with E-state index in [9.17, 15) is 13.2 Å². The lowest BCUT2D eigenvalue weighted by Crippen LogP contribution is -2.56. The van der Waals surface area contributed by atoms with Gasteiger partial charge in [0.1, 0.15) is 6.04 Å². The van der Waals surface area contributed by atoms with Crippen molar-refractivity contribution in [2.75, 3.05) is 52.5 Å². The van der Waals surface area contributed by atoms with Crippen LogP contribution in [0, 0.1) is 19.8 Å². The van der Waals surface area contributed by atoms with Gasteiger partial charge in [-0.25, -0.2) is 0 Å². The van der Waals surface area contributed by atoms with E-state index in [1.807, 2.05) is 33.8 Å². The van der Waals surface area contributed by atoms with Gasteiger partial charge in [0.2, 0.25) is 5.91 Å². The third kappa shape index (κ3) is 4.24. The number of aromatic nitrogens is 2. The minimum Gasteiger partial charge on any atom is -0.379 e. The highest BCUT2D eigenvalue weighted by Crippen LogP contribution is 2.24. The fraction of sp³-hybridized carbons (Fsp3) is 0.778. The van der Waals surface area contributed by atoms with Gasteiger partial charge in [0.05, 0.1) is 18.9 Å². The van der Waals surface area contributed by atoms with E-state index in [1.54, 1.807) is 9.58 Å². The molecule has 1 aromatic heterocycles. The first-order chi connectivity index (χ1) is 13.2. The molecule has 0 saturated carbocycles. The van der Waals surface area contributed by atoms with Gasteiger partial charge in [-0.1, -0.05) is 13.8 Å². The topological polar surface area (TPSA) is 88.0 Å². The van der Waals surface area contributed by atoms with Gasteiger partial charge in [-0.15, -0.1) is 0 Å². The van der Waals surface area contributed by atoms with Gasteiger partial charge >= 0.3 is 0 Å². The van der Waals surface area contributed by atoms with Crippen LogP contribution in [0.15, 0.2) is 6.07 Å². The number of nitrogens with zero attached hydrogens (tertiary/aromatic N) is 5. The minimum atomic E-state index is -3.50. The smallest absolute Gasteiger partial charge is 0.282 e. The van der Waals surface area contributed by atoms with Crippen molar-refractivity contribution in [2.24, 2.45) is 5.92 Å². The summed E-state index contributed by atoms with van der Waals surface area (Å²) in [6, 6.07) is 1.59. The molecule has 0 aliphatic carbocycles. The van der Waals surface area contributed by atoms with Crippen molar-refractivity contribution >= 4 is 16.1 Å². The largest absolute Gasteiger partial charge is 0.379 e. The molecule has 10 heteroatoms. The minimum absolute atomic E-state index is 0.00428. The van der Waals surface area contributed by atoms with Crippen LogP contribution in [0.4, 0.5) is 0 Å². The summed E-state index contributed by atoms with van der Waals surface area (Å²) in [7, 11) is -3.50. The lowest BCUT2D eigenvalue weighted by Gasteiger charge is -2.39. The highest BCUT2D eigenvalue weighted by atomic mass is 32.2. The van der Waals surface area contributed by atoms with E-state index in [0.29, 0.717) is 52.5 Å². The Bertz CT molecular complexity index is 793. The Hall–Kier alpha value is -1.49. The average molecular weight is 414 g/mol. The molecule has 3 rings (SSSR count). The van der Waals surface area contributed by atoms with Crippen molar-refractivity contribution in [2.45, 2.75) is 33.7 Å². The summed E-state index contributed by atoms with van der Waals surface area (Å²) in [5.74, 6) is 0.0882. The summed E-state index contributed by atoms with van der Waals surface area (Å²) in [6.45, 7) is 10.9. The zero-order valence-corrected chi connectivity index (χ0v) is 18.0. The standard InChI is InChI=1S/C18H31N5O4S/c1-14(2)17(23-16(4)13-15(3)19-23)18(24)20-5-7-21(8-6-20)28(25,26)22-9-11-27-12-10-22/h13-14,17H,5-12H2,1-4H3. The highest BCUT2D eigenvalue weighted by Gasteiger charge is 2.37. The van der Waals surface area contributed by atoms with Crippen molar-refractivity contribution in [1.29, 1.82) is 0 Å². The molecule has 2 aliphatic rings. The second kappa shape index (κ2) is 8.48. The van der Waals surface area contributed by atoms with E-state index in [-0.39, 0.29) is 17.9 Å². The molecule has 1 aromatic rings. The molecule has 2 saturated heterocycles. The highest BCUT2D eigenvalue weighted by molar-refractivity contribution is 7.86. The predicted molar refractivity (Wildman–Crippen MR) is 105 cm³/mol. The maximum Gasteiger partial charge on any atom is 0.282 e. The number of morpholine rings is 1. The monoisotopic (exact) mass is 413 g/mol. The molecular weight excluding hydrogens is 382 g/mol. The first kappa shape index (κ1) is 21.2. The lowest BCUT2D eigenvalue weighted by atomic mass is 10.0. The molecular formula is C18H31N5O4S. The van der Waals surface area contributed by atoms with Gasteiger partial charge in [-0.05, 0) is 25.8 Å². The van der Waals surface area contributed by atoms with Gasteiger partial charge in [0.15, 0.2) is 0 Å². The number of amides is 1. The second-order valence-electron chi connectivity index (χ2n) is 7.80. The molecule has 1 unspecified atom stereocenters. The van der Waals surface area contributed by atoms with E-state index in [1.165, 1.54) is 8.61 Å². The Balaban J connectivity index is 1.67. The van der Waals surface area contributed by atoms with Crippen LogP contribution in [-0.4, -0.2) is 90.1 Å². The van der Waals surface area contributed by atoms with Gasteiger partial charge in [0, 0.05) is 45.0 Å². The van der Waals surface area contributed by atoms with Crippen LogP contribution in [-0.2, 0) is 19.7 Å². The number of carbonyl (C=O) groups is 1. The first-order valence-electron chi connectivity index (χ1n) is 9.86. The molecule has 3 heterocycles. The van der Waals surface area contributed by atoms with Crippen LogP contribution < -0.4 is 0 Å². The van der Waals surface area contributed by atoms with Gasteiger partial charge in [-0.3, -0.25) is 9.48 Å². The Morgan fingerprint density at radius 3 is 2.11 bits per heavy atom. The Labute approximate surface area is 167 Å². The van der Waals surface area contributed by atoms with Gasteiger partial charge in [0.25, 0.3) is 10.2 Å². The number of ether oxygens (including phenoxy) is 1. The number of hydrogen-bond acceptors (Lipinski definition) is 5. The fourth-order valence-electron chi connectivity index (χ4n) is 3.87. The normalized spacial score (nSPS) is 21.2. The number of rotatable bonds is 5. The number of hydrogen-bond donors (Lipinski definition) is 0. The van der Waals surface area contributed by atoms with Gasteiger partial charge < -0.3 is 9.64 Å². The molecule has 1 amide bonds.